The van der Waals surface area contributed by atoms with Crippen molar-refractivity contribution in [2.24, 2.45) is 4.99 Å². The van der Waals surface area contributed by atoms with Crippen LogP contribution in [-0.2, 0) is 22.4 Å². The summed E-state index contributed by atoms with van der Waals surface area (Å²) >= 11 is 6.41. The van der Waals surface area contributed by atoms with Crippen LogP contribution < -0.4 is 16.0 Å². The predicted molar refractivity (Wildman–Crippen MR) is 156 cm³/mol. The number of carbonyl (C=O) groups is 1. The maximum atomic E-state index is 13.2. The van der Waals surface area contributed by atoms with Crippen LogP contribution >= 0.6 is 11.6 Å². The van der Waals surface area contributed by atoms with E-state index < -0.39 is 6.04 Å². The van der Waals surface area contributed by atoms with Crippen LogP contribution in [0.5, 0.6) is 0 Å². The maximum absolute atomic E-state index is 13.2. The molecule has 4 aliphatic heterocycles. The first-order valence-corrected chi connectivity index (χ1v) is 14.2. The van der Waals surface area contributed by atoms with E-state index >= 15 is 0 Å². The Balaban J connectivity index is 1.12. The third-order valence-corrected chi connectivity index (χ3v) is 8.33. The van der Waals surface area contributed by atoms with Gasteiger partial charge in [-0.1, -0.05) is 23.7 Å². The molecule has 2 fully saturated rings. The van der Waals surface area contributed by atoms with Gasteiger partial charge in [-0.25, -0.2) is 9.98 Å². The molecule has 0 radical (unpaired) electrons. The SMILES string of the molecule is O=C(C1COC(Nc2ccc3cc2CCc2cccc(c2)Nc2ncc(Cl)c(n2)N3)=N1)N1CCN2CCCC2C1. The minimum absolute atomic E-state index is 0.0585. The highest BCUT2D eigenvalue weighted by atomic mass is 35.5. The lowest BCUT2D eigenvalue weighted by molar-refractivity contribution is -0.135. The monoisotopic (exact) mass is 558 g/mol. The molecule has 11 heteroatoms. The second-order valence-electron chi connectivity index (χ2n) is 10.7. The zero-order valence-corrected chi connectivity index (χ0v) is 22.8. The van der Waals surface area contributed by atoms with Gasteiger partial charge in [-0.2, -0.15) is 4.98 Å². The number of nitrogens with one attached hydrogen (secondary N) is 3. The van der Waals surface area contributed by atoms with E-state index in [0.29, 0.717) is 28.9 Å². The zero-order valence-electron chi connectivity index (χ0n) is 22.1. The summed E-state index contributed by atoms with van der Waals surface area (Å²) in [6.07, 6.45) is 5.58. The lowest BCUT2D eigenvalue weighted by Crippen LogP contribution is -2.54. The molecule has 3 aromatic rings. The van der Waals surface area contributed by atoms with Gasteiger partial charge in [-0.15, -0.1) is 0 Å². The van der Waals surface area contributed by atoms with E-state index in [4.69, 9.17) is 16.3 Å². The summed E-state index contributed by atoms with van der Waals surface area (Å²) in [5, 5.41) is 10.4. The van der Waals surface area contributed by atoms with Gasteiger partial charge in [0.25, 0.3) is 11.9 Å². The van der Waals surface area contributed by atoms with Crippen LogP contribution in [0.1, 0.15) is 24.0 Å². The number of hydrogen-bond donors (Lipinski definition) is 3. The van der Waals surface area contributed by atoms with Gasteiger partial charge in [0.05, 0.1) is 6.20 Å². The van der Waals surface area contributed by atoms with Crippen molar-refractivity contribution in [1.82, 2.24) is 19.8 Å². The van der Waals surface area contributed by atoms with Crippen LogP contribution in [0.15, 0.2) is 53.7 Å². The van der Waals surface area contributed by atoms with Crippen molar-refractivity contribution in [3.05, 3.63) is 64.8 Å². The molecule has 2 saturated heterocycles. The number of amidine groups is 1. The van der Waals surface area contributed by atoms with Crippen molar-refractivity contribution in [1.29, 1.82) is 0 Å². The summed E-state index contributed by atoms with van der Waals surface area (Å²) in [6.45, 7) is 3.91. The number of piperazine rings is 1. The molecule has 6 bridgehead atoms. The van der Waals surface area contributed by atoms with Crippen molar-refractivity contribution >= 4 is 52.4 Å². The van der Waals surface area contributed by atoms with Crippen LogP contribution in [0, 0.1) is 0 Å². The summed E-state index contributed by atoms with van der Waals surface area (Å²) in [5.74, 6) is 1.04. The summed E-state index contributed by atoms with van der Waals surface area (Å²) in [4.78, 5) is 31.3. The Morgan fingerprint density at radius 1 is 1.07 bits per heavy atom. The molecule has 1 amide bonds. The van der Waals surface area contributed by atoms with Crippen molar-refractivity contribution in [3.8, 4) is 0 Å². The number of hydrogen-bond acceptors (Lipinski definition) is 9. The molecular weight excluding hydrogens is 528 g/mol. The normalized spacial score (nSPS) is 21.9. The number of aromatic nitrogens is 2. The number of benzene rings is 2. The first-order valence-electron chi connectivity index (χ1n) is 13.9. The largest absolute Gasteiger partial charge is 0.462 e. The van der Waals surface area contributed by atoms with Crippen molar-refractivity contribution in [3.63, 3.8) is 0 Å². The lowest BCUT2D eigenvalue weighted by atomic mass is 10.0. The first-order chi connectivity index (χ1) is 19.6. The smallest absolute Gasteiger partial charge is 0.290 e. The van der Waals surface area contributed by atoms with E-state index in [1.165, 1.54) is 18.4 Å². The van der Waals surface area contributed by atoms with E-state index in [-0.39, 0.29) is 12.5 Å². The number of aliphatic imine (C=N–C) groups is 1. The summed E-state index contributed by atoms with van der Waals surface area (Å²) in [5.41, 5.74) is 4.91. The number of amides is 1. The fraction of sp³-hybridized carbons (Fsp3) is 0.379. The fourth-order valence-corrected chi connectivity index (χ4v) is 6.09. The van der Waals surface area contributed by atoms with Crippen molar-refractivity contribution in [2.45, 2.75) is 37.8 Å². The summed E-state index contributed by atoms with van der Waals surface area (Å²) in [7, 11) is 0. The second kappa shape index (κ2) is 10.6. The maximum Gasteiger partial charge on any atom is 0.290 e. The molecule has 7 rings (SSSR count). The van der Waals surface area contributed by atoms with E-state index in [0.717, 1.165) is 61.6 Å². The molecule has 10 nitrogen and oxygen atoms in total. The molecule has 0 aliphatic carbocycles. The Bertz CT molecular complexity index is 1480. The molecule has 4 aliphatic rings. The Hall–Kier alpha value is -3.89. The standard InChI is InChI=1S/C29H31ClN8O2/c30-23-15-31-28-33-20-4-1-3-18(13-20)6-7-19-14-21(32-26(23)36-28)8-9-24(19)34-29-35-25(17-40-29)27(39)38-12-11-37-10-2-5-22(37)16-38/h1,3-4,8-9,13-15,22,25H,2,5-7,10-12,16-17H2,(H,34,35)(H2,31,32,33,36). The summed E-state index contributed by atoms with van der Waals surface area (Å²) < 4.78 is 5.87. The number of halogens is 1. The van der Waals surface area contributed by atoms with Gasteiger partial charge in [0.15, 0.2) is 11.9 Å². The average Bonchev–Trinajstić information content (AvgIpc) is 3.63. The van der Waals surface area contributed by atoms with Crippen molar-refractivity contribution in [2.75, 3.05) is 48.7 Å². The highest BCUT2D eigenvalue weighted by Gasteiger charge is 2.36. The fourth-order valence-electron chi connectivity index (χ4n) is 5.95. The van der Waals surface area contributed by atoms with Gasteiger partial charge in [0, 0.05) is 42.7 Å². The molecule has 2 aromatic carbocycles. The molecule has 0 saturated carbocycles. The summed E-state index contributed by atoms with van der Waals surface area (Å²) in [6, 6.07) is 14.6. The Morgan fingerprint density at radius 2 is 2.00 bits per heavy atom. The molecule has 0 spiro atoms. The number of aryl methyl sites for hydroxylation is 2. The molecule has 206 valence electrons. The third kappa shape index (κ3) is 5.16. The topological polar surface area (TPSA) is 107 Å². The Labute approximate surface area is 237 Å². The van der Waals surface area contributed by atoms with Crippen LogP contribution in [0.4, 0.5) is 28.8 Å². The molecule has 2 unspecified atom stereocenters. The van der Waals surface area contributed by atoms with Crippen molar-refractivity contribution < 1.29 is 9.53 Å². The molecule has 40 heavy (non-hydrogen) atoms. The quantitative estimate of drug-likeness (QED) is 0.430. The minimum atomic E-state index is -0.509. The van der Waals surface area contributed by atoms with Crippen LogP contribution in [-0.4, -0.2) is 76.6 Å². The molecule has 5 heterocycles. The first kappa shape index (κ1) is 25.1. The van der Waals surface area contributed by atoms with Gasteiger partial charge >= 0.3 is 0 Å². The third-order valence-electron chi connectivity index (χ3n) is 8.05. The second-order valence-corrected chi connectivity index (χ2v) is 11.1. The number of anilines is 5. The number of ether oxygens (including phenoxy) is 1. The van der Waals surface area contributed by atoms with Crippen LogP contribution in [0.2, 0.25) is 5.02 Å². The van der Waals surface area contributed by atoms with E-state index in [1.807, 2.05) is 29.2 Å². The average molecular weight is 559 g/mol. The lowest BCUT2D eigenvalue weighted by Gasteiger charge is -2.37. The van der Waals surface area contributed by atoms with Gasteiger partial charge in [0.2, 0.25) is 5.95 Å². The minimum Gasteiger partial charge on any atom is -0.462 e. The molecule has 3 N–H and O–H groups in total. The van der Waals surface area contributed by atoms with E-state index in [1.54, 1.807) is 6.20 Å². The van der Waals surface area contributed by atoms with Gasteiger partial charge in [-0.05, 0) is 73.7 Å². The van der Waals surface area contributed by atoms with Gasteiger partial charge < -0.3 is 25.6 Å². The molecule has 1 aromatic heterocycles. The highest BCUT2D eigenvalue weighted by molar-refractivity contribution is 6.32. The predicted octanol–water partition coefficient (Wildman–Crippen LogP) is 4.19. The molecule has 2 atom stereocenters. The Kier molecular flexibility index (Phi) is 6.65. The zero-order chi connectivity index (χ0) is 27.1. The number of rotatable bonds is 2. The van der Waals surface area contributed by atoms with Gasteiger partial charge in [0.1, 0.15) is 11.6 Å². The van der Waals surface area contributed by atoms with Crippen LogP contribution in [0.3, 0.4) is 0 Å². The number of carbonyl (C=O) groups excluding carboxylic acids is 1. The Morgan fingerprint density at radius 3 is 2.95 bits per heavy atom. The van der Waals surface area contributed by atoms with E-state index in [9.17, 15) is 4.79 Å². The number of fused-ring (bicyclic) bond motifs is 7. The van der Waals surface area contributed by atoms with E-state index in [2.05, 4.69) is 54.0 Å². The highest BCUT2D eigenvalue weighted by Crippen LogP contribution is 2.30. The molecular formula is C29H31ClN8O2. The number of nitrogens with zero attached hydrogens (tertiary/aromatic N) is 5. The van der Waals surface area contributed by atoms with Crippen LogP contribution in [0.25, 0.3) is 0 Å². The van der Waals surface area contributed by atoms with Gasteiger partial charge in [-0.3, -0.25) is 9.69 Å².